The maximum absolute atomic E-state index is 12.7. The Labute approximate surface area is 198 Å². The lowest BCUT2D eigenvalue weighted by Gasteiger charge is -2.18. The van der Waals surface area contributed by atoms with Gasteiger partial charge in [0.2, 0.25) is 5.13 Å². The van der Waals surface area contributed by atoms with E-state index in [9.17, 15) is 20.2 Å². The first-order valence-electron chi connectivity index (χ1n) is 10.3. The first kappa shape index (κ1) is 22.6. The molecule has 1 amide bonds. The van der Waals surface area contributed by atoms with E-state index in [1.807, 2.05) is 6.07 Å². The summed E-state index contributed by atoms with van der Waals surface area (Å²) in [4.78, 5) is 23.1. The van der Waals surface area contributed by atoms with Crippen LogP contribution in [0.5, 0.6) is 0 Å². The molecule has 1 aliphatic rings. The number of aromatic nitrogens is 3. The van der Waals surface area contributed by atoms with E-state index in [0.717, 1.165) is 17.8 Å². The molecule has 1 aromatic carbocycles. The first-order valence-corrected chi connectivity index (χ1v) is 11.5. The second-order valence-electron chi connectivity index (χ2n) is 7.60. The number of amides is 1. The second kappa shape index (κ2) is 9.94. The Kier molecular flexibility index (Phi) is 6.82. The molecule has 0 aliphatic heterocycles. The fourth-order valence-corrected chi connectivity index (χ4v) is 4.97. The summed E-state index contributed by atoms with van der Waals surface area (Å²) in [6.07, 6.45) is 8.85. The van der Waals surface area contributed by atoms with Crippen LogP contribution in [0.2, 0.25) is 5.02 Å². The zero-order valence-electron chi connectivity index (χ0n) is 17.4. The predicted molar refractivity (Wildman–Crippen MR) is 125 cm³/mol. The van der Waals surface area contributed by atoms with E-state index in [1.54, 1.807) is 22.9 Å². The number of nitrogens with one attached hydrogen (secondary N) is 1. The molecule has 1 saturated carbocycles. The summed E-state index contributed by atoms with van der Waals surface area (Å²) in [5, 5.41) is 32.9. The van der Waals surface area contributed by atoms with Crippen molar-refractivity contribution in [1.29, 1.82) is 5.26 Å². The number of nitriles is 1. The average Bonchev–Trinajstić information content (AvgIpc) is 3.47. The van der Waals surface area contributed by atoms with Gasteiger partial charge in [0, 0.05) is 29.9 Å². The Balaban J connectivity index is 1.54. The van der Waals surface area contributed by atoms with Gasteiger partial charge in [0.15, 0.2) is 0 Å². The zero-order valence-corrected chi connectivity index (χ0v) is 19.0. The van der Waals surface area contributed by atoms with E-state index in [0.29, 0.717) is 22.4 Å². The normalized spacial score (nSPS) is 14.6. The van der Waals surface area contributed by atoms with Crippen LogP contribution in [0.25, 0.3) is 11.8 Å². The predicted octanol–water partition coefficient (Wildman–Crippen LogP) is 5.48. The van der Waals surface area contributed by atoms with Crippen LogP contribution in [0, 0.1) is 21.4 Å². The highest BCUT2D eigenvalue weighted by Gasteiger charge is 2.21. The quantitative estimate of drug-likeness (QED) is 0.214. The van der Waals surface area contributed by atoms with E-state index in [-0.39, 0.29) is 16.3 Å². The molecule has 3 aromatic rings. The molecule has 33 heavy (non-hydrogen) atoms. The Hall–Kier alpha value is -3.55. The lowest BCUT2D eigenvalue weighted by molar-refractivity contribution is -0.384. The fourth-order valence-electron chi connectivity index (χ4n) is 3.80. The van der Waals surface area contributed by atoms with Crippen molar-refractivity contribution < 1.29 is 9.72 Å². The molecule has 0 spiro atoms. The molecule has 2 aromatic heterocycles. The van der Waals surface area contributed by atoms with Crippen LogP contribution in [0.15, 0.2) is 42.1 Å². The molecule has 9 nitrogen and oxygen atoms in total. The minimum absolute atomic E-state index is 0.123. The molecule has 168 valence electrons. The zero-order chi connectivity index (χ0) is 23.4. The van der Waals surface area contributed by atoms with Gasteiger partial charge in [0.05, 0.1) is 15.6 Å². The summed E-state index contributed by atoms with van der Waals surface area (Å²) in [5.41, 5.74) is 0.743. The first-order chi connectivity index (χ1) is 16.0. The number of benzene rings is 1. The topological polar surface area (TPSA) is 127 Å². The Morgan fingerprint density at radius 1 is 1.30 bits per heavy atom. The Morgan fingerprint density at radius 3 is 2.79 bits per heavy atom. The molecule has 11 heteroatoms. The van der Waals surface area contributed by atoms with Crippen molar-refractivity contribution >= 4 is 45.7 Å². The molecule has 2 heterocycles. The summed E-state index contributed by atoms with van der Waals surface area (Å²) < 4.78 is 1.64. The molecule has 0 saturated heterocycles. The minimum atomic E-state index is -0.591. The minimum Gasteiger partial charge on any atom is -0.316 e. The SMILES string of the molecule is N#C/C(=C/c1cccn1-c1ccc([N+](=O)[O-])cc1Cl)C(=O)Nc1nnc(C2CCCCC2)s1. The highest BCUT2D eigenvalue weighted by Crippen LogP contribution is 2.35. The van der Waals surface area contributed by atoms with Crippen LogP contribution in [0.1, 0.15) is 48.7 Å². The lowest BCUT2D eigenvalue weighted by Crippen LogP contribution is -2.13. The van der Waals surface area contributed by atoms with Gasteiger partial charge in [-0.15, -0.1) is 10.2 Å². The number of carbonyl (C=O) groups is 1. The average molecular weight is 483 g/mol. The van der Waals surface area contributed by atoms with E-state index >= 15 is 0 Å². The van der Waals surface area contributed by atoms with Crippen molar-refractivity contribution in [2.75, 3.05) is 5.32 Å². The summed E-state index contributed by atoms with van der Waals surface area (Å²) in [7, 11) is 0. The number of non-ortho nitro benzene ring substituents is 1. The summed E-state index contributed by atoms with van der Waals surface area (Å²) >= 11 is 7.58. The van der Waals surface area contributed by atoms with Crippen LogP contribution < -0.4 is 5.32 Å². The standard InChI is InChI=1S/C22H19ClN6O3S/c23-18-12-17(29(31)32)8-9-19(18)28-10-4-7-16(28)11-15(13-24)20(30)25-22-27-26-21(33-22)14-5-2-1-3-6-14/h4,7-12,14H,1-3,5-6H2,(H,25,27,30)/b15-11-. The number of nitro groups is 1. The van der Waals surface area contributed by atoms with Gasteiger partial charge >= 0.3 is 0 Å². The Bertz CT molecular complexity index is 1270. The van der Waals surface area contributed by atoms with Crippen LogP contribution in [0.3, 0.4) is 0 Å². The highest BCUT2D eigenvalue weighted by molar-refractivity contribution is 7.15. The summed E-state index contributed by atoms with van der Waals surface area (Å²) in [6, 6.07) is 9.44. The summed E-state index contributed by atoms with van der Waals surface area (Å²) in [6.45, 7) is 0. The number of rotatable bonds is 6. The van der Waals surface area contributed by atoms with Gasteiger partial charge in [-0.1, -0.05) is 42.2 Å². The molecule has 0 bridgehead atoms. The van der Waals surface area contributed by atoms with Gasteiger partial charge in [0.1, 0.15) is 16.6 Å². The molecule has 1 N–H and O–H groups in total. The van der Waals surface area contributed by atoms with Gasteiger partial charge in [-0.2, -0.15) is 5.26 Å². The molecule has 4 rings (SSSR count). The number of nitro benzene ring substituents is 1. The molecule has 0 unspecified atom stereocenters. The molecular weight excluding hydrogens is 464 g/mol. The third-order valence-corrected chi connectivity index (χ3v) is 6.76. The number of halogens is 1. The van der Waals surface area contributed by atoms with Gasteiger partial charge in [-0.25, -0.2) is 0 Å². The molecule has 0 atom stereocenters. The number of carbonyl (C=O) groups excluding carboxylic acids is 1. The molecule has 1 fully saturated rings. The lowest BCUT2D eigenvalue weighted by atomic mass is 9.90. The van der Waals surface area contributed by atoms with Crippen molar-refractivity contribution in [2.24, 2.45) is 0 Å². The maximum Gasteiger partial charge on any atom is 0.271 e. The van der Waals surface area contributed by atoms with E-state index in [4.69, 9.17) is 11.6 Å². The third kappa shape index (κ3) is 5.10. The van der Waals surface area contributed by atoms with Crippen LogP contribution in [0.4, 0.5) is 10.8 Å². The number of hydrogen-bond acceptors (Lipinski definition) is 7. The van der Waals surface area contributed by atoms with Gasteiger partial charge in [0.25, 0.3) is 11.6 Å². The number of nitrogens with zero attached hydrogens (tertiary/aromatic N) is 5. The van der Waals surface area contributed by atoms with Crippen molar-refractivity contribution in [3.8, 4) is 11.8 Å². The third-order valence-electron chi connectivity index (χ3n) is 5.45. The Morgan fingerprint density at radius 2 is 2.09 bits per heavy atom. The molecule has 0 radical (unpaired) electrons. The second-order valence-corrected chi connectivity index (χ2v) is 9.02. The number of anilines is 1. The van der Waals surface area contributed by atoms with Gasteiger partial charge < -0.3 is 4.57 Å². The largest absolute Gasteiger partial charge is 0.316 e. The van der Waals surface area contributed by atoms with Crippen molar-refractivity contribution in [1.82, 2.24) is 14.8 Å². The van der Waals surface area contributed by atoms with Crippen molar-refractivity contribution in [3.63, 3.8) is 0 Å². The van der Waals surface area contributed by atoms with Crippen molar-refractivity contribution in [3.05, 3.63) is 67.9 Å². The molecule has 1 aliphatic carbocycles. The van der Waals surface area contributed by atoms with Crippen LogP contribution in [-0.4, -0.2) is 25.6 Å². The van der Waals surface area contributed by atoms with Crippen LogP contribution >= 0.6 is 22.9 Å². The van der Waals surface area contributed by atoms with Gasteiger partial charge in [-0.3, -0.25) is 20.2 Å². The number of hydrogen-bond donors (Lipinski definition) is 1. The van der Waals surface area contributed by atoms with Crippen molar-refractivity contribution in [2.45, 2.75) is 38.0 Å². The smallest absolute Gasteiger partial charge is 0.271 e. The van der Waals surface area contributed by atoms with E-state index in [1.165, 1.54) is 54.9 Å². The maximum atomic E-state index is 12.7. The molecular formula is C22H19ClN6O3S. The van der Waals surface area contributed by atoms with Crippen LogP contribution in [-0.2, 0) is 4.79 Å². The monoisotopic (exact) mass is 482 g/mol. The highest BCUT2D eigenvalue weighted by atomic mass is 35.5. The van der Waals surface area contributed by atoms with E-state index in [2.05, 4.69) is 15.5 Å². The fraction of sp³-hybridized carbons (Fsp3) is 0.273. The summed E-state index contributed by atoms with van der Waals surface area (Å²) in [5.74, 6) is -0.214. The van der Waals surface area contributed by atoms with E-state index < -0.39 is 10.8 Å². The van der Waals surface area contributed by atoms with Gasteiger partial charge in [-0.05, 0) is 37.1 Å².